The summed E-state index contributed by atoms with van der Waals surface area (Å²) in [5.74, 6) is -0.762. The van der Waals surface area contributed by atoms with Crippen LogP contribution in [-0.4, -0.2) is 93.2 Å². The molecule has 3 rings (SSSR count). The fourth-order valence-corrected chi connectivity index (χ4v) is 3.86. The van der Waals surface area contributed by atoms with Crippen LogP contribution in [-0.2, 0) is 25.6 Å². The van der Waals surface area contributed by atoms with E-state index in [0.717, 1.165) is 38.4 Å². The van der Waals surface area contributed by atoms with Crippen molar-refractivity contribution >= 4 is 11.9 Å². The summed E-state index contributed by atoms with van der Waals surface area (Å²) in [5, 5.41) is 7.12. The van der Waals surface area contributed by atoms with E-state index in [9.17, 15) is 18.0 Å². The molecule has 1 aromatic rings. The van der Waals surface area contributed by atoms with E-state index in [0.29, 0.717) is 24.5 Å². The second kappa shape index (κ2) is 12.2. The van der Waals surface area contributed by atoms with Crippen molar-refractivity contribution in [1.82, 2.24) is 9.80 Å². The van der Waals surface area contributed by atoms with Gasteiger partial charge in [-0.1, -0.05) is 12.1 Å². The van der Waals surface area contributed by atoms with Gasteiger partial charge < -0.3 is 24.2 Å². The molecule has 0 unspecified atom stereocenters. The zero-order chi connectivity index (χ0) is 24.6. The van der Waals surface area contributed by atoms with Gasteiger partial charge in [0.25, 0.3) is 0 Å². The lowest BCUT2D eigenvalue weighted by Gasteiger charge is -2.20. The van der Waals surface area contributed by atoms with Crippen LogP contribution in [0.5, 0.6) is 5.75 Å². The smallest absolute Gasteiger partial charge is 0.490 e. The molecule has 0 radical (unpaired) electrons. The number of rotatable bonds is 8. The molecule has 2 heterocycles. The van der Waals surface area contributed by atoms with Crippen LogP contribution in [0.4, 0.5) is 13.2 Å². The Hall–Kier alpha value is -2.37. The molecular formula is C22H31F3N2O6. The van der Waals surface area contributed by atoms with Gasteiger partial charge in [0.05, 0.1) is 19.8 Å². The molecule has 1 amide bonds. The highest BCUT2D eigenvalue weighted by Crippen LogP contribution is 2.36. The van der Waals surface area contributed by atoms with Gasteiger partial charge in [0.15, 0.2) is 0 Å². The third-order valence-electron chi connectivity index (χ3n) is 5.65. The fraction of sp³-hybridized carbons (Fsp3) is 0.636. The first-order valence-corrected chi connectivity index (χ1v) is 10.6. The van der Waals surface area contributed by atoms with Gasteiger partial charge in [-0.3, -0.25) is 9.69 Å². The van der Waals surface area contributed by atoms with Crippen molar-refractivity contribution in [2.45, 2.75) is 25.2 Å². The summed E-state index contributed by atoms with van der Waals surface area (Å²) in [6.45, 7) is 4.56. The molecule has 2 saturated heterocycles. The highest BCUT2D eigenvalue weighted by Gasteiger charge is 2.43. The van der Waals surface area contributed by atoms with Crippen LogP contribution in [0, 0.1) is 11.8 Å². The van der Waals surface area contributed by atoms with E-state index in [1.807, 2.05) is 12.1 Å². The Balaban J connectivity index is 0.000000479. The van der Waals surface area contributed by atoms with Crippen molar-refractivity contribution in [3.8, 4) is 5.75 Å². The maximum absolute atomic E-state index is 11.5. The Labute approximate surface area is 191 Å². The first-order chi connectivity index (χ1) is 15.5. The third kappa shape index (κ3) is 8.49. The van der Waals surface area contributed by atoms with E-state index in [-0.39, 0.29) is 12.5 Å². The van der Waals surface area contributed by atoms with Crippen LogP contribution >= 0.6 is 0 Å². The van der Waals surface area contributed by atoms with Crippen molar-refractivity contribution in [1.29, 1.82) is 0 Å². The van der Waals surface area contributed by atoms with Gasteiger partial charge in [-0.15, -0.1) is 0 Å². The van der Waals surface area contributed by atoms with Gasteiger partial charge >= 0.3 is 12.1 Å². The van der Waals surface area contributed by atoms with E-state index in [2.05, 4.69) is 17.0 Å². The number of carbonyl (C=O) groups excluding carboxylic acids is 1. The van der Waals surface area contributed by atoms with Gasteiger partial charge in [-0.25, -0.2) is 4.79 Å². The Morgan fingerprint density at radius 3 is 2.58 bits per heavy atom. The number of carboxylic acids is 1. The lowest BCUT2D eigenvalue weighted by molar-refractivity contribution is -0.192. The van der Waals surface area contributed by atoms with Gasteiger partial charge in [0.2, 0.25) is 5.91 Å². The molecule has 0 aliphatic carbocycles. The summed E-state index contributed by atoms with van der Waals surface area (Å²) < 4.78 is 48.6. The monoisotopic (exact) mass is 476 g/mol. The average Bonchev–Trinajstić information content (AvgIpc) is 3.31. The van der Waals surface area contributed by atoms with Gasteiger partial charge in [-0.05, 0) is 30.0 Å². The molecule has 2 aliphatic rings. The molecule has 186 valence electrons. The molecule has 0 aromatic heterocycles. The number of hydrogen-bond acceptors (Lipinski definition) is 6. The standard InChI is InChI=1S/C20H30N2O4.C2HF3O2/c1-21(2)20(23)14-25-8-7-16-13-26-19-12-22(11-18(16)19)10-15-5-4-6-17(9-15)24-3;3-2(4,5)1(6)7/h4-6,9,16,18-19H,7-8,10-14H2,1-3H3;(H,6,7)/t16-,18-,19-;/m0./s1. The molecule has 2 fully saturated rings. The SMILES string of the molecule is COc1cccc(CN2C[C@H]3[C@@H](CCOCC(=O)N(C)C)CO[C@H]3C2)c1.O=C(O)C(F)(F)F. The number of alkyl halides is 3. The summed E-state index contributed by atoms with van der Waals surface area (Å²) >= 11 is 0. The quantitative estimate of drug-likeness (QED) is 0.576. The Morgan fingerprint density at radius 2 is 1.97 bits per heavy atom. The molecule has 2 aliphatic heterocycles. The number of likely N-dealkylation sites (N-methyl/N-ethyl adjacent to an activating group) is 1. The summed E-state index contributed by atoms with van der Waals surface area (Å²) in [5.41, 5.74) is 1.27. The van der Waals surface area contributed by atoms with E-state index >= 15 is 0 Å². The largest absolute Gasteiger partial charge is 0.497 e. The second-order valence-electron chi connectivity index (χ2n) is 8.27. The number of ether oxygens (including phenoxy) is 3. The number of likely N-dealkylation sites (tertiary alicyclic amines) is 1. The van der Waals surface area contributed by atoms with Gasteiger partial charge in [0, 0.05) is 46.3 Å². The van der Waals surface area contributed by atoms with Crippen molar-refractivity contribution in [3.63, 3.8) is 0 Å². The lowest BCUT2D eigenvalue weighted by Crippen LogP contribution is -2.27. The van der Waals surface area contributed by atoms with Crippen molar-refractivity contribution < 1.29 is 42.1 Å². The summed E-state index contributed by atoms with van der Waals surface area (Å²) in [6.07, 6.45) is -3.80. The Kier molecular flexibility index (Phi) is 9.93. The number of carboxylic acid groups (broad SMARTS) is 1. The minimum absolute atomic E-state index is 0.0101. The van der Waals surface area contributed by atoms with Gasteiger partial charge in [0.1, 0.15) is 12.4 Å². The number of benzene rings is 1. The number of aliphatic carboxylic acids is 1. The number of hydrogen-bond donors (Lipinski definition) is 1. The number of carbonyl (C=O) groups is 2. The zero-order valence-corrected chi connectivity index (χ0v) is 19.0. The number of halogens is 3. The van der Waals surface area contributed by atoms with Crippen LogP contribution in [0.1, 0.15) is 12.0 Å². The average molecular weight is 476 g/mol. The van der Waals surface area contributed by atoms with Crippen LogP contribution in [0.2, 0.25) is 0 Å². The molecule has 3 atom stereocenters. The number of fused-ring (bicyclic) bond motifs is 1. The predicted octanol–water partition coefficient (Wildman–Crippen LogP) is 2.27. The minimum atomic E-state index is -5.08. The summed E-state index contributed by atoms with van der Waals surface area (Å²) in [7, 11) is 5.19. The first kappa shape index (κ1) is 26.9. The van der Waals surface area contributed by atoms with E-state index in [1.165, 1.54) is 5.56 Å². The molecule has 0 spiro atoms. The summed E-state index contributed by atoms with van der Waals surface area (Å²) in [6, 6.07) is 8.26. The van der Waals surface area contributed by atoms with E-state index in [1.54, 1.807) is 26.1 Å². The Morgan fingerprint density at radius 1 is 1.27 bits per heavy atom. The highest BCUT2D eigenvalue weighted by molar-refractivity contribution is 5.76. The van der Waals surface area contributed by atoms with Crippen LogP contribution in [0.3, 0.4) is 0 Å². The molecule has 1 aromatic carbocycles. The topological polar surface area (TPSA) is 88.5 Å². The van der Waals surface area contributed by atoms with Crippen LogP contribution in [0.25, 0.3) is 0 Å². The highest BCUT2D eigenvalue weighted by atomic mass is 19.4. The Bertz CT molecular complexity index is 790. The first-order valence-electron chi connectivity index (χ1n) is 10.6. The second-order valence-corrected chi connectivity index (χ2v) is 8.27. The molecule has 33 heavy (non-hydrogen) atoms. The normalized spacial score (nSPS) is 22.3. The maximum atomic E-state index is 11.5. The minimum Gasteiger partial charge on any atom is -0.497 e. The molecule has 0 saturated carbocycles. The van der Waals surface area contributed by atoms with E-state index < -0.39 is 12.1 Å². The number of amides is 1. The molecule has 1 N–H and O–H groups in total. The molecule has 0 bridgehead atoms. The maximum Gasteiger partial charge on any atom is 0.490 e. The predicted molar refractivity (Wildman–Crippen MR) is 113 cm³/mol. The zero-order valence-electron chi connectivity index (χ0n) is 19.0. The molecule has 8 nitrogen and oxygen atoms in total. The number of methoxy groups -OCH3 is 1. The summed E-state index contributed by atoms with van der Waals surface area (Å²) in [4.78, 5) is 24.5. The van der Waals surface area contributed by atoms with Crippen molar-refractivity contribution in [3.05, 3.63) is 29.8 Å². The molecule has 11 heteroatoms. The molecular weight excluding hydrogens is 445 g/mol. The van der Waals surface area contributed by atoms with Crippen LogP contribution < -0.4 is 4.74 Å². The van der Waals surface area contributed by atoms with Crippen molar-refractivity contribution in [2.75, 3.05) is 54.1 Å². The van der Waals surface area contributed by atoms with E-state index in [4.69, 9.17) is 24.1 Å². The number of nitrogens with zero attached hydrogens (tertiary/aromatic N) is 2. The van der Waals surface area contributed by atoms with Gasteiger partial charge in [-0.2, -0.15) is 13.2 Å². The third-order valence-corrected chi connectivity index (χ3v) is 5.65. The van der Waals surface area contributed by atoms with Crippen molar-refractivity contribution in [2.24, 2.45) is 11.8 Å². The fourth-order valence-electron chi connectivity index (χ4n) is 3.86. The van der Waals surface area contributed by atoms with Crippen LogP contribution in [0.15, 0.2) is 24.3 Å². The lowest BCUT2D eigenvalue weighted by atomic mass is 9.91.